The highest BCUT2D eigenvalue weighted by molar-refractivity contribution is 5.87. The minimum atomic E-state index is -2.08. The van der Waals surface area contributed by atoms with Crippen molar-refractivity contribution in [1.29, 1.82) is 0 Å². The molecule has 1 saturated carbocycles. The lowest BCUT2D eigenvalue weighted by atomic mass is 9.65. The van der Waals surface area contributed by atoms with Gasteiger partial charge in [0.15, 0.2) is 0 Å². The Bertz CT molecular complexity index is 986. The quantitative estimate of drug-likeness (QED) is 0.496. The van der Waals surface area contributed by atoms with E-state index in [4.69, 9.17) is 9.47 Å². The molecule has 4 rings (SSSR count). The molecule has 2 aromatic rings. The van der Waals surface area contributed by atoms with Crippen LogP contribution in [0.1, 0.15) is 37.2 Å². The van der Waals surface area contributed by atoms with E-state index in [2.05, 4.69) is 0 Å². The summed E-state index contributed by atoms with van der Waals surface area (Å²) in [5, 5.41) is 25.5. The van der Waals surface area contributed by atoms with Crippen molar-refractivity contribution in [3.63, 3.8) is 0 Å². The molecule has 1 fully saturated rings. The van der Waals surface area contributed by atoms with E-state index in [0.717, 1.165) is 10.8 Å². The molecule has 2 aromatic carbocycles. The number of carbonyl (C=O) groups is 1. The lowest BCUT2D eigenvalue weighted by Gasteiger charge is -2.48. The summed E-state index contributed by atoms with van der Waals surface area (Å²) in [5.74, 6) is -3.87. The number of hydrogen-bond acceptors (Lipinski definition) is 6. The molecule has 3 atom stereocenters. The van der Waals surface area contributed by atoms with Crippen LogP contribution in [-0.4, -0.2) is 34.4 Å². The number of benzene rings is 2. The number of methoxy groups -OCH3 is 1. The summed E-state index contributed by atoms with van der Waals surface area (Å²) in [6.07, 6.45) is 2.83. The van der Waals surface area contributed by atoms with E-state index in [-0.39, 0.29) is 18.6 Å². The normalized spacial score (nSPS) is 29.4. The zero-order valence-corrected chi connectivity index (χ0v) is 15.5. The molecule has 1 heterocycles. The van der Waals surface area contributed by atoms with Crippen LogP contribution in [0.15, 0.2) is 54.3 Å². The van der Waals surface area contributed by atoms with Gasteiger partial charge in [-0.25, -0.2) is 4.79 Å². The highest BCUT2D eigenvalue weighted by Crippen LogP contribution is 2.53. The lowest BCUT2D eigenvalue weighted by molar-refractivity contribution is -0.623. The Kier molecular flexibility index (Phi) is 4.34. The van der Waals surface area contributed by atoms with Crippen molar-refractivity contribution in [2.75, 3.05) is 7.11 Å². The fraction of sp³-hybridized carbons (Fsp3) is 0.381. The molecule has 0 aromatic heterocycles. The van der Waals surface area contributed by atoms with Crippen molar-refractivity contribution in [2.24, 2.45) is 0 Å². The Morgan fingerprint density at radius 2 is 1.93 bits per heavy atom. The topological polar surface area (TPSA) is 98.9 Å². The minimum absolute atomic E-state index is 0.0758. The second-order valence-electron chi connectivity index (χ2n) is 7.38. The molecule has 7 heteroatoms. The number of esters is 1. The summed E-state index contributed by atoms with van der Waals surface area (Å²) in [5.41, 5.74) is -1.12. The van der Waals surface area contributed by atoms with Gasteiger partial charge in [-0.1, -0.05) is 42.5 Å². The van der Waals surface area contributed by atoms with Crippen molar-refractivity contribution in [1.82, 2.24) is 0 Å². The maximum absolute atomic E-state index is 12.3. The average Bonchev–Trinajstić information content (AvgIpc) is 2.71. The van der Waals surface area contributed by atoms with Gasteiger partial charge in [-0.15, -0.1) is 0 Å². The zero-order valence-electron chi connectivity index (χ0n) is 15.5. The van der Waals surface area contributed by atoms with Crippen LogP contribution in [0.5, 0.6) is 0 Å². The summed E-state index contributed by atoms with van der Waals surface area (Å²) in [7, 11) is 1.21. The first-order valence-corrected chi connectivity index (χ1v) is 9.26. The molecule has 0 unspecified atom stereocenters. The van der Waals surface area contributed by atoms with Gasteiger partial charge in [0.1, 0.15) is 0 Å². The van der Waals surface area contributed by atoms with Crippen LogP contribution in [0.4, 0.5) is 0 Å². The van der Waals surface area contributed by atoms with Crippen LogP contribution in [0.25, 0.3) is 10.8 Å². The van der Waals surface area contributed by atoms with E-state index in [1.165, 1.54) is 13.2 Å². The van der Waals surface area contributed by atoms with Gasteiger partial charge in [-0.3, -0.25) is 10.1 Å². The standard InChI is InChI=1S/C21H21NO6/c1-27-19(23)18-13-17(16-9-8-14-6-2-3-7-15(14)12-16)20(22(25)26)10-4-5-11-21(20,24)28-18/h2-3,6-9,12-13,17,24H,4-5,10-11H2,1H3/t17-,20-,21+/m1/s1. The second-order valence-corrected chi connectivity index (χ2v) is 7.38. The van der Waals surface area contributed by atoms with Crippen molar-refractivity contribution in [2.45, 2.75) is 42.9 Å². The molecule has 146 valence electrons. The van der Waals surface area contributed by atoms with E-state index < -0.39 is 28.1 Å². The number of carbonyl (C=O) groups excluding carboxylic acids is 1. The minimum Gasteiger partial charge on any atom is -0.463 e. The summed E-state index contributed by atoms with van der Waals surface area (Å²) >= 11 is 0. The van der Waals surface area contributed by atoms with Gasteiger partial charge in [-0.2, -0.15) is 0 Å². The van der Waals surface area contributed by atoms with Gasteiger partial charge in [0.05, 0.1) is 13.0 Å². The molecule has 1 N–H and O–H groups in total. The van der Waals surface area contributed by atoms with Crippen LogP contribution >= 0.6 is 0 Å². The maximum Gasteiger partial charge on any atom is 0.373 e. The van der Waals surface area contributed by atoms with Crippen molar-refractivity contribution in [3.8, 4) is 0 Å². The number of fused-ring (bicyclic) bond motifs is 2. The highest BCUT2D eigenvalue weighted by atomic mass is 16.7. The van der Waals surface area contributed by atoms with Gasteiger partial charge in [0.2, 0.25) is 5.76 Å². The van der Waals surface area contributed by atoms with Gasteiger partial charge in [-0.05, 0) is 35.3 Å². The monoisotopic (exact) mass is 383 g/mol. The average molecular weight is 383 g/mol. The number of nitro groups is 1. The largest absolute Gasteiger partial charge is 0.463 e. The number of ether oxygens (including phenoxy) is 2. The third kappa shape index (κ3) is 2.57. The van der Waals surface area contributed by atoms with E-state index in [1.54, 1.807) is 0 Å². The molecular weight excluding hydrogens is 362 g/mol. The van der Waals surface area contributed by atoms with Crippen LogP contribution in [0, 0.1) is 10.1 Å². The van der Waals surface area contributed by atoms with E-state index in [9.17, 15) is 20.0 Å². The van der Waals surface area contributed by atoms with E-state index in [0.29, 0.717) is 18.4 Å². The van der Waals surface area contributed by atoms with Crippen molar-refractivity contribution >= 4 is 16.7 Å². The SMILES string of the molecule is COC(=O)C1=C[C@H](c2ccc3ccccc3c2)[C@]2([N+](=O)[O-])CCCC[C@]2(O)O1. The highest BCUT2D eigenvalue weighted by Gasteiger charge is 2.70. The first-order chi connectivity index (χ1) is 13.4. The third-order valence-electron chi connectivity index (χ3n) is 5.96. The Balaban J connectivity index is 1.95. The molecular formula is C21H21NO6. The number of rotatable bonds is 3. The maximum atomic E-state index is 12.3. The smallest absolute Gasteiger partial charge is 0.373 e. The number of aliphatic hydroxyl groups is 1. The van der Waals surface area contributed by atoms with E-state index >= 15 is 0 Å². The Morgan fingerprint density at radius 1 is 1.21 bits per heavy atom. The van der Waals surface area contributed by atoms with Crippen molar-refractivity contribution in [3.05, 3.63) is 70.0 Å². The fourth-order valence-electron chi connectivity index (χ4n) is 4.54. The van der Waals surface area contributed by atoms with Gasteiger partial charge < -0.3 is 14.6 Å². The van der Waals surface area contributed by atoms with Crippen LogP contribution in [-0.2, 0) is 14.3 Å². The van der Waals surface area contributed by atoms with Crippen LogP contribution in [0.2, 0.25) is 0 Å². The lowest BCUT2D eigenvalue weighted by Crippen LogP contribution is -2.67. The first kappa shape index (κ1) is 18.4. The fourth-order valence-corrected chi connectivity index (χ4v) is 4.54. The van der Waals surface area contributed by atoms with Crippen LogP contribution in [0.3, 0.4) is 0 Å². The molecule has 28 heavy (non-hydrogen) atoms. The van der Waals surface area contributed by atoms with Gasteiger partial charge in [0, 0.05) is 17.8 Å². The zero-order chi connectivity index (χ0) is 19.9. The molecule has 2 aliphatic rings. The summed E-state index contributed by atoms with van der Waals surface area (Å²) in [6, 6.07) is 13.3. The van der Waals surface area contributed by atoms with Gasteiger partial charge >= 0.3 is 5.97 Å². The number of hydrogen-bond donors (Lipinski definition) is 1. The first-order valence-electron chi connectivity index (χ1n) is 9.26. The van der Waals surface area contributed by atoms with Crippen LogP contribution < -0.4 is 0 Å². The Morgan fingerprint density at radius 3 is 2.64 bits per heavy atom. The molecule has 0 spiro atoms. The Hall–Kier alpha value is -2.93. The molecule has 0 saturated heterocycles. The predicted molar refractivity (Wildman–Crippen MR) is 101 cm³/mol. The van der Waals surface area contributed by atoms with Gasteiger partial charge in [0.25, 0.3) is 11.3 Å². The number of nitrogens with zero attached hydrogens (tertiary/aromatic N) is 1. The molecule has 0 amide bonds. The Labute approximate surface area is 161 Å². The molecule has 7 nitrogen and oxygen atoms in total. The molecule has 1 aliphatic heterocycles. The summed E-state index contributed by atoms with van der Waals surface area (Å²) in [6.45, 7) is 0. The van der Waals surface area contributed by atoms with Crippen molar-refractivity contribution < 1.29 is 24.3 Å². The molecule has 0 radical (unpaired) electrons. The molecule has 0 bridgehead atoms. The summed E-state index contributed by atoms with van der Waals surface area (Å²) in [4.78, 5) is 24.0. The predicted octanol–water partition coefficient (Wildman–Crippen LogP) is 3.29. The van der Waals surface area contributed by atoms with E-state index in [1.807, 2.05) is 42.5 Å². The summed E-state index contributed by atoms with van der Waals surface area (Å²) < 4.78 is 10.3. The third-order valence-corrected chi connectivity index (χ3v) is 5.96. The molecule has 1 aliphatic carbocycles. The second kappa shape index (κ2) is 6.60.